The summed E-state index contributed by atoms with van der Waals surface area (Å²) < 4.78 is 18.8. The molecule has 0 saturated carbocycles. The number of nitrogens with zero attached hydrogens (tertiary/aromatic N) is 2. The molecule has 1 aromatic carbocycles. The second-order valence-electron chi connectivity index (χ2n) is 6.15. The zero-order valence-electron chi connectivity index (χ0n) is 15.5. The molecule has 1 aliphatic heterocycles. The van der Waals surface area contributed by atoms with Gasteiger partial charge in [0.05, 0.1) is 23.7 Å². The Balaban J connectivity index is 1.77. The smallest absolute Gasteiger partial charge is 0.410 e. The number of carbonyl (C=O) groups is 2. The molecule has 1 N–H and O–H groups in total. The van der Waals surface area contributed by atoms with E-state index in [0.717, 1.165) is 16.5 Å². The van der Waals surface area contributed by atoms with Crippen LogP contribution in [-0.2, 0) is 22.5 Å². The topological polar surface area (TPSA) is 82.4 Å². The van der Waals surface area contributed by atoms with E-state index in [0.29, 0.717) is 30.1 Å². The number of rotatable bonds is 4. The highest BCUT2D eigenvalue weighted by Crippen LogP contribution is 2.36. The zero-order valence-corrected chi connectivity index (χ0v) is 17.1. The summed E-state index contributed by atoms with van der Waals surface area (Å²) in [5.74, 6) is -1.05. The van der Waals surface area contributed by atoms with E-state index in [1.165, 1.54) is 35.6 Å². The minimum absolute atomic E-state index is 0.111. The van der Waals surface area contributed by atoms with Gasteiger partial charge in [0.1, 0.15) is 16.9 Å². The van der Waals surface area contributed by atoms with E-state index in [1.54, 1.807) is 11.8 Å². The van der Waals surface area contributed by atoms with Gasteiger partial charge in [-0.2, -0.15) is 5.26 Å². The Bertz CT molecular complexity index is 1010. The molecule has 3 rings (SSSR count). The summed E-state index contributed by atoms with van der Waals surface area (Å²) in [6.45, 7) is 2.79. The van der Waals surface area contributed by atoms with E-state index in [-0.39, 0.29) is 17.2 Å². The third kappa shape index (κ3) is 4.58. The fourth-order valence-corrected chi connectivity index (χ4v) is 4.41. The minimum atomic E-state index is -0.537. The molecule has 0 bridgehead atoms. The van der Waals surface area contributed by atoms with E-state index < -0.39 is 17.8 Å². The maximum atomic E-state index is 13.8. The average Bonchev–Trinajstić information content (AvgIpc) is 3.03. The number of benzene rings is 1. The predicted octanol–water partition coefficient (Wildman–Crippen LogP) is 4.58. The summed E-state index contributed by atoms with van der Waals surface area (Å²) in [6, 6.07) is 6.38. The Morgan fingerprint density at radius 1 is 1.48 bits per heavy atom. The van der Waals surface area contributed by atoms with Gasteiger partial charge in [-0.3, -0.25) is 4.79 Å². The number of hydrogen-bond acceptors (Lipinski definition) is 5. The molecule has 0 aliphatic carbocycles. The number of ether oxygens (including phenoxy) is 1. The Morgan fingerprint density at radius 2 is 2.28 bits per heavy atom. The molecule has 0 unspecified atom stereocenters. The van der Waals surface area contributed by atoms with Crippen molar-refractivity contribution in [3.63, 3.8) is 0 Å². The second kappa shape index (κ2) is 9.07. The predicted molar refractivity (Wildman–Crippen MR) is 109 cm³/mol. The quantitative estimate of drug-likeness (QED) is 0.715. The Hall–Kier alpha value is -2.89. The molecule has 2 aromatic rings. The van der Waals surface area contributed by atoms with Crippen LogP contribution in [0.3, 0.4) is 0 Å². The number of nitrogens with one attached hydrogen (secondary N) is 1. The van der Waals surface area contributed by atoms with Crippen molar-refractivity contribution in [1.29, 1.82) is 5.26 Å². The molecule has 1 aromatic heterocycles. The maximum absolute atomic E-state index is 13.8. The number of hydrogen-bond donors (Lipinski definition) is 1. The summed E-state index contributed by atoms with van der Waals surface area (Å²) >= 11 is 7.19. The third-order valence-electron chi connectivity index (χ3n) is 4.33. The van der Waals surface area contributed by atoms with E-state index >= 15 is 0 Å². The van der Waals surface area contributed by atoms with Crippen LogP contribution in [0, 0.1) is 17.1 Å². The van der Waals surface area contributed by atoms with Crippen LogP contribution in [-0.4, -0.2) is 30.1 Å². The van der Waals surface area contributed by atoms with Gasteiger partial charge in [0.2, 0.25) is 5.91 Å². The Labute approximate surface area is 176 Å². The molecule has 150 valence electrons. The van der Waals surface area contributed by atoms with Gasteiger partial charge in [-0.05, 0) is 37.1 Å². The van der Waals surface area contributed by atoms with Crippen LogP contribution in [0.15, 0.2) is 24.3 Å². The molecule has 29 heavy (non-hydrogen) atoms. The summed E-state index contributed by atoms with van der Waals surface area (Å²) in [7, 11) is 0. The molecule has 0 radical (unpaired) electrons. The fraction of sp³-hybridized carbons (Fsp3) is 0.250. The van der Waals surface area contributed by atoms with Gasteiger partial charge in [-0.1, -0.05) is 17.7 Å². The maximum Gasteiger partial charge on any atom is 0.410 e. The molecule has 6 nitrogen and oxygen atoms in total. The summed E-state index contributed by atoms with van der Waals surface area (Å²) in [4.78, 5) is 26.6. The third-order valence-corrected chi connectivity index (χ3v) is 5.79. The molecule has 2 heterocycles. The second-order valence-corrected chi connectivity index (χ2v) is 7.66. The van der Waals surface area contributed by atoms with Crippen LogP contribution in [0.2, 0.25) is 5.02 Å². The van der Waals surface area contributed by atoms with Gasteiger partial charge in [0.25, 0.3) is 0 Å². The highest BCUT2D eigenvalue weighted by Gasteiger charge is 2.27. The van der Waals surface area contributed by atoms with Gasteiger partial charge in [-0.25, -0.2) is 9.18 Å². The van der Waals surface area contributed by atoms with Crippen molar-refractivity contribution in [2.75, 3.05) is 18.5 Å². The van der Waals surface area contributed by atoms with E-state index in [4.69, 9.17) is 16.3 Å². The van der Waals surface area contributed by atoms with Crippen LogP contribution < -0.4 is 5.32 Å². The van der Waals surface area contributed by atoms with Crippen molar-refractivity contribution in [3.8, 4) is 6.07 Å². The van der Waals surface area contributed by atoms with Crippen molar-refractivity contribution >= 4 is 46.0 Å². The van der Waals surface area contributed by atoms with Crippen molar-refractivity contribution in [1.82, 2.24) is 4.90 Å². The van der Waals surface area contributed by atoms with Crippen LogP contribution in [0.25, 0.3) is 6.08 Å². The lowest BCUT2D eigenvalue weighted by atomic mass is 10.0. The summed E-state index contributed by atoms with van der Waals surface area (Å²) in [5, 5.41) is 12.8. The zero-order chi connectivity index (χ0) is 21.0. The first-order valence-electron chi connectivity index (χ1n) is 8.84. The van der Waals surface area contributed by atoms with Crippen molar-refractivity contribution in [3.05, 3.63) is 56.7 Å². The average molecular weight is 434 g/mol. The molecule has 0 fully saturated rings. The van der Waals surface area contributed by atoms with E-state index in [9.17, 15) is 19.2 Å². The minimum Gasteiger partial charge on any atom is -0.450 e. The first-order valence-corrected chi connectivity index (χ1v) is 10.0. The number of carbonyl (C=O) groups excluding carboxylic acids is 2. The summed E-state index contributed by atoms with van der Waals surface area (Å²) in [6.07, 6.45) is 2.55. The molecular weight excluding hydrogens is 417 g/mol. The highest BCUT2D eigenvalue weighted by molar-refractivity contribution is 7.16. The van der Waals surface area contributed by atoms with Gasteiger partial charge < -0.3 is 15.0 Å². The van der Waals surface area contributed by atoms with Gasteiger partial charge in [-0.15, -0.1) is 11.3 Å². The number of fused-ring (bicyclic) bond motifs is 1. The molecule has 0 saturated heterocycles. The molecular formula is C20H17ClFN3O3S. The largest absolute Gasteiger partial charge is 0.450 e. The van der Waals surface area contributed by atoms with Crippen LogP contribution in [0.5, 0.6) is 0 Å². The van der Waals surface area contributed by atoms with Crippen LogP contribution in [0.1, 0.15) is 28.5 Å². The van der Waals surface area contributed by atoms with Gasteiger partial charge in [0, 0.05) is 23.1 Å². The first kappa shape index (κ1) is 20.8. The van der Waals surface area contributed by atoms with Crippen LogP contribution >= 0.6 is 22.9 Å². The van der Waals surface area contributed by atoms with E-state index in [2.05, 4.69) is 11.4 Å². The molecule has 0 atom stereocenters. The first-order chi connectivity index (χ1) is 13.9. The Kier molecular flexibility index (Phi) is 6.52. The lowest BCUT2D eigenvalue weighted by Crippen LogP contribution is -2.35. The lowest BCUT2D eigenvalue weighted by Gasteiger charge is -2.25. The van der Waals surface area contributed by atoms with Crippen molar-refractivity contribution in [2.45, 2.75) is 19.9 Å². The van der Waals surface area contributed by atoms with Gasteiger partial charge >= 0.3 is 6.09 Å². The van der Waals surface area contributed by atoms with E-state index in [1.807, 2.05) is 0 Å². The normalized spacial score (nSPS) is 13.1. The molecule has 2 amide bonds. The SMILES string of the molecule is CCOC(=O)N1CCc2c(sc(NC(=O)/C=C/c3c(F)cccc3Cl)c2C#N)C1. The van der Waals surface area contributed by atoms with Crippen LogP contribution in [0.4, 0.5) is 14.2 Å². The number of nitriles is 1. The highest BCUT2D eigenvalue weighted by atomic mass is 35.5. The number of amides is 2. The number of anilines is 1. The Morgan fingerprint density at radius 3 is 2.97 bits per heavy atom. The fourth-order valence-electron chi connectivity index (χ4n) is 2.96. The standard InChI is InChI=1S/C20H17ClFN3O3S/c1-2-28-20(27)25-9-8-12-14(10-23)19(29-17(12)11-25)24-18(26)7-6-13-15(21)4-3-5-16(13)22/h3-7H,2,8-9,11H2,1H3,(H,24,26)/b7-6+. The monoisotopic (exact) mass is 433 g/mol. The number of thiophene rings is 1. The number of halogens is 2. The van der Waals surface area contributed by atoms with Gasteiger partial charge in [0.15, 0.2) is 0 Å². The van der Waals surface area contributed by atoms with Crippen molar-refractivity contribution in [2.24, 2.45) is 0 Å². The summed E-state index contributed by atoms with van der Waals surface area (Å²) in [5.41, 5.74) is 1.33. The van der Waals surface area contributed by atoms with Crippen molar-refractivity contribution < 1.29 is 18.7 Å². The molecule has 1 aliphatic rings. The molecule has 9 heteroatoms. The molecule has 0 spiro atoms. The lowest BCUT2D eigenvalue weighted by molar-refractivity contribution is -0.111.